The number of benzene rings is 7. The highest BCUT2D eigenvalue weighted by Crippen LogP contribution is 2.49. The Morgan fingerprint density at radius 2 is 0.574 bits per heavy atom. The summed E-state index contributed by atoms with van der Waals surface area (Å²) in [6.45, 7) is 7.69. The fourth-order valence-electron chi connectivity index (χ4n) is 7.37. The Kier molecular flexibility index (Phi) is 9.57. The zero-order valence-electron chi connectivity index (χ0n) is 30.1. The summed E-state index contributed by atoms with van der Waals surface area (Å²) < 4.78 is 89.1. The molecule has 0 saturated heterocycles. The summed E-state index contributed by atoms with van der Waals surface area (Å²) in [5.41, 5.74) is 7.85. The summed E-state index contributed by atoms with van der Waals surface area (Å²) in [6, 6.07) is 41.3. The summed E-state index contributed by atoms with van der Waals surface area (Å²) in [5.74, 6) is 0. The van der Waals surface area contributed by atoms with Gasteiger partial charge in [0.15, 0.2) is 0 Å². The van der Waals surface area contributed by atoms with Gasteiger partial charge in [0.05, 0.1) is 11.1 Å². The third kappa shape index (κ3) is 6.96. The molecule has 0 aliphatic heterocycles. The normalized spacial score (nSPS) is 11.9. The maximum absolute atomic E-state index is 14.8. The van der Waals surface area contributed by atoms with Gasteiger partial charge in [-0.2, -0.15) is 26.3 Å². The summed E-state index contributed by atoms with van der Waals surface area (Å²) in [5, 5.41) is 0. The van der Waals surface area contributed by atoms with Crippen LogP contribution in [0.25, 0.3) is 66.8 Å². The number of aryl methyl sites for hydroxylation is 4. The monoisotopic (exact) mass is 726 g/mol. The molecule has 0 N–H and O–H groups in total. The van der Waals surface area contributed by atoms with Crippen molar-refractivity contribution in [2.45, 2.75) is 40.0 Å². The second-order valence-electron chi connectivity index (χ2n) is 13.7. The molecule has 0 saturated carbocycles. The number of rotatable bonds is 6. The van der Waals surface area contributed by atoms with Crippen LogP contribution in [0.2, 0.25) is 0 Å². The van der Waals surface area contributed by atoms with E-state index in [0.29, 0.717) is 22.3 Å². The average Bonchev–Trinajstić information content (AvgIpc) is 3.15. The van der Waals surface area contributed by atoms with Crippen LogP contribution in [-0.2, 0) is 12.4 Å². The second-order valence-corrected chi connectivity index (χ2v) is 13.7. The molecule has 6 heteroatoms. The van der Waals surface area contributed by atoms with Crippen molar-refractivity contribution in [1.82, 2.24) is 0 Å². The topological polar surface area (TPSA) is 0 Å². The molecule has 0 bridgehead atoms. The van der Waals surface area contributed by atoms with Crippen molar-refractivity contribution in [3.8, 4) is 66.8 Å². The van der Waals surface area contributed by atoms with E-state index >= 15 is 0 Å². The molecule has 0 atom stereocenters. The van der Waals surface area contributed by atoms with Crippen LogP contribution in [0.15, 0.2) is 146 Å². The maximum Gasteiger partial charge on any atom is 0.417 e. The lowest BCUT2D eigenvalue weighted by molar-refractivity contribution is -0.137. The van der Waals surface area contributed by atoms with Crippen LogP contribution in [0.1, 0.15) is 33.4 Å². The second kappa shape index (κ2) is 14.2. The fourth-order valence-corrected chi connectivity index (χ4v) is 7.37. The summed E-state index contributed by atoms with van der Waals surface area (Å²) >= 11 is 0. The molecule has 0 radical (unpaired) electrons. The minimum absolute atomic E-state index is 0.0645. The van der Waals surface area contributed by atoms with Crippen molar-refractivity contribution >= 4 is 0 Å². The Balaban J connectivity index is 1.64. The van der Waals surface area contributed by atoms with Gasteiger partial charge in [0.25, 0.3) is 0 Å². The summed E-state index contributed by atoms with van der Waals surface area (Å²) in [7, 11) is 0. The summed E-state index contributed by atoms with van der Waals surface area (Å²) in [4.78, 5) is 0. The number of halogens is 6. The number of alkyl halides is 6. The van der Waals surface area contributed by atoms with Gasteiger partial charge in [-0.1, -0.05) is 109 Å². The quantitative estimate of drug-likeness (QED) is 0.150. The van der Waals surface area contributed by atoms with Crippen LogP contribution in [0.5, 0.6) is 0 Å². The predicted octanol–water partition coefficient (Wildman–Crippen LogP) is 15.0. The molecule has 7 rings (SSSR count). The minimum Gasteiger partial charge on any atom is -0.166 e. The van der Waals surface area contributed by atoms with E-state index in [0.717, 1.165) is 56.6 Å². The highest BCUT2D eigenvalue weighted by atomic mass is 19.4. The van der Waals surface area contributed by atoms with Crippen LogP contribution in [0.4, 0.5) is 26.3 Å². The number of hydrogen-bond donors (Lipinski definition) is 0. The smallest absolute Gasteiger partial charge is 0.166 e. The number of hydrogen-bond acceptors (Lipinski definition) is 0. The van der Waals surface area contributed by atoms with Crippen molar-refractivity contribution < 1.29 is 26.3 Å². The third-order valence-electron chi connectivity index (χ3n) is 10.2. The van der Waals surface area contributed by atoms with Gasteiger partial charge in [0.2, 0.25) is 0 Å². The molecule has 54 heavy (non-hydrogen) atoms. The molecular weight excluding hydrogens is 691 g/mol. The molecular formula is C48H36F6. The van der Waals surface area contributed by atoms with E-state index < -0.39 is 23.5 Å². The highest BCUT2D eigenvalue weighted by molar-refractivity contribution is 5.98. The van der Waals surface area contributed by atoms with Gasteiger partial charge in [0, 0.05) is 0 Å². The Bertz CT molecular complexity index is 2340. The lowest BCUT2D eigenvalue weighted by atomic mass is 9.81. The SMILES string of the molecule is Cc1ccccc1-c1ccc(C)c(-c2cc(-c3ccccc3C(F)(F)F)c(-c3cc(-c4ccccc4C)ccc3C)cc2-c2ccccc2C(F)(F)F)c1. The molecule has 270 valence electrons. The molecule has 7 aromatic rings. The van der Waals surface area contributed by atoms with Crippen molar-refractivity contribution in [2.24, 2.45) is 0 Å². The molecule has 0 amide bonds. The van der Waals surface area contributed by atoms with Crippen LogP contribution in [0.3, 0.4) is 0 Å². The third-order valence-corrected chi connectivity index (χ3v) is 10.2. The van der Waals surface area contributed by atoms with E-state index in [1.807, 2.05) is 113 Å². The largest absolute Gasteiger partial charge is 0.417 e. The van der Waals surface area contributed by atoms with Gasteiger partial charge < -0.3 is 0 Å². The lowest BCUT2D eigenvalue weighted by Gasteiger charge is -2.24. The van der Waals surface area contributed by atoms with E-state index in [1.54, 1.807) is 24.3 Å². The van der Waals surface area contributed by atoms with E-state index in [-0.39, 0.29) is 22.3 Å². The standard InChI is InChI=1S/C48H36F6/c1-29-13-5-7-15-35(29)33-23-21-31(3)39(25-33)43-27-42(38-18-10-12-20-46(38)48(52,53)54)44(28-41(43)37-17-9-11-19-45(37)47(49,50)51)40-26-34(24-22-32(40)4)36-16-8-6-14-30(36)2/h5-28H,1-4H3. The van der Waals surface area contributed by atoms with Gasteiger partial charge in [-0.25, -0.2) is 0 Å². The first-order valence-corrected chi connectivity index (χ1v) is 17.6. The molecule has 7 aromatic carbocycles. The molecule has 0 nitrogen and oxygen atoms in total. The Labute approximate surface area is 311 Å². The van der Waals surface area contributed by atoms with Crippen LogP contribution >= 0.6 is 0 Å². The van der Waals surface area contributed by atoms with Gasteiger partial charge in [-0.3, -0.25) is 0 Å². The predicted molar refractivity (Wildman–Crippen MR) is 208 cm³/mol. The van der Waals surface area contributed by atoms with Crippen LogP contribution in [-0.4, -0.2) is 0 Å². The maximum atomic E-state index is 14.8. The zero-order chi connectivity index (χ0) is 38.4. The van der Waals surface area contributed by atoms with Gasteiger partial charge in [-0.15, -0.1) is 0 Å². The fraction of sp³-hybridized carbons (Fsp3) is 0.125. The summed E-state index contributed by atoms with van der Waals surface area (Å²) in [6.07, 6.45) is -9.40. The zero-order valence-corrected chi connectivity index (χ0v) is 30.1. The molecule has 0 unspecified atom stereocenters. The van der Waals surface area contributed by atoms with Crippen LogP contribution < -0.4 is 0 Å². The van der Waals surface area contributed by atoms with E-state index in [4.69, 9.17) is 0 Å². The van der Waals surface area contributed by atoms with Crippen molar-refractivity contribution in [1.29, 1.82) is 0 Å². The average molecular weight is 727 g/mol. The molecule has 0 aliphatic rings. The van der Waals surface area contributed by atoms with Gasteiger partial charge >= 0.3 is 12.4 Å². The Morgan fingerprint density at radius 1 is 0.278 bits per heavy atom. The molecule has 0 aliphatic carbocycles. The van der Waals surface area contributed by atoms with E-state index in [1.165, 1.54) is 24.3 Å². The Hall–Kier alpha value is -5.88. The molecule has 0 spiro atoms. The highest BCUT2D eigenvalue weighted by Gasteiger charge is 2.36. The lowest BCUT2D eigenvalue weighted by Crippen LogP contribution is -2.09. The van der Waals surface area contributed by atoms with Crippen molar-refractivity contribution in [3.63, 3.8) is 0 Å². The first-order chi connectivity index (χ1) is 25.7. The van der Waals surface area contributed by atoms with E-state index in [2.05, 4.69) is 0 Å². The first-order valence-electron chi connectivity index (χ1n) is 17.6. The molecule has 0 heterocycles. The first kappa shape index (κ1) is 36.5. The van der Waals surface area contributed by atoms with E-state index in [9.17, 15) is 26.3 Å². The molecule has 0 aromatic heterocycles. The van der Waals surface area contributed by atoms with Crippen molar-refractivity contribution in [3.05, 3.63) is 179 Å². The molecule has 0 fully saturated rings. The van der Waals surface area contributed by atoms with Crippen molar-refractivity contribution in [2.75, 3.05) is 0 Å². The Morgan fingerprint density at radius 3 is 0.926 bits per heavy atom. The minimum atomic E-state index is -4.70. The van der Waals surface area contributed by atoms with Gasteiger partial charge in [-0.05, 0) is 153 Å². The van der Waals surface area contributed by atoms with Gasteiger partial charge in [0.1, 0.15) is 0 Å². The van der Waals surface area contributed by atoms with Crippen LogP contribution in [0, 0.1) is 27.7 Å².